The molecule has 2 aliphatic heterocycles. The van der Waals surface area contributed by atoms with E-state index in [9.17, 15) is 14.4 Å². The highest BCUT2D eigenvalue weighted by Crippen LogP contribution is 2.38. The molecule has 3 rings (SSSR count). The van der Waals surface area contributed by atoms with Gasteiger partial charge in [0.25, 0.3) is 5.91 Å². The minimum Gasteiger partial charge on any atom is -0.368 e. The van der Waals surface area contributed by atoms with Crippen LogP contribution in [0.1, 0.15) is 0 Å². The number of aryl methyl sites for hydroxylation is 1. The maximum atomic E-state index is 11.8. The number of aromatic nitrogens is 3. The lowest BCUT2D eigenvalue weighted by atomic mass is 10.1. The molecule has 10 heteroatoms. The van der Waals surface area contributed by atoms with Crippen molar-refractivity contribution in [3.63, 3.8) is 0 Å². The van der Waals surface area contributed by atoms with Crippen LogP contribution in [0.25, 0.3) is 0 Å². The first-order valence-corrected chi connectivity index (χ1v) is 8.51. The van der Waals surface area contributed by atoms with Crippen molar-refractivity contribution in [2.75, 3.05) is 18.6 Å². The van der Waals surface area contributed by atoms with E-state index in [4.69, 9.17) is 4.74 Å². The van der Waals surface area contributed by atoms with Crippen LogP contribution in [-0.2, 0) is 16.6 Å². The molecule has 8 nitrogen and oxygen atoms in total. The molecule has 1 amide bonds. The molecule has 0 unspecified atom stereocenters. The number of nitrogens with one attached hydrogen (secondary N) is 1. The van der Waals surface area contributed by atoms with Gasteiger partial charge in [-0.1, -0.05) is 11.8 Å². The number of aromatic amines is 1. The molecule has 1 aromatic rings. The summed E-state index contributed by atoms with van der Waals surface area (Å²) in [4.78, 5) is 39.7. The Morgan fingerprint density at radius 2 is 2.27 bits per heavy atom. The summed E-state index contributed by atoms with van der Waals surface area (Å²) < 4.78 is 6.56. The maximum Gasteiger partial charge on any atom is 0.339 e. The molecule has 0 spiro atoms. The summed E-state index contributed by atoms with van der Waals surface area (Å²) in [7, 11) is 3.16. The van der Waals surface area contributed by atoms with Crippen molar-refractivity contribution >= 4 is 29.4 Å². The summed E-state index contributed by atoms with van der Waals surface area (Å²) >= 11 is 3.00. The molecule has 1 N–H and O–H groups in total. The number of β-lactam (4-membered cyclic amide) rings is 1. The average molecular weight is 342 g/mol. The Kier molecular flexibility index (Phi) is 4.15. The van der Waals surface area contributed by atoms with Crippen molar-refractivity contribution in [3.05, 3.63) is 32.5 Å². The van der Waals surface area contributed by atoms with Gasteiger partial charge < -0.3 is 9.64 Å². The van der Waals surface area contributed by atoms with E-state index >= 15 is 0 Å². The topological polar surface area (TPSA) is 97.3 Å². The SMILES string of the molecule is CO[C@H]1C(=O)N2C=C(CSc3nc(=O)c(=O)[nH]n3C)CS[C@@H]12. The van der Waals surface area contributed by atoms with Crippen LogP contribution >= 0.6 is 23.5 Å². The highest BCUT2D eigenvalue weighted by atomic mass is 32.2. The fourth-order valence-corrected chi connectivity index (χ4v) is 4.53. The molecule has 0 saturated carbocycles. The molecular formula is C12H14N4O4S2. The maximum absolute atomic E-state index is 11.8. The van der Waals surface area contributed by atoms with Gasteiger partial charge in [-0.05, 0) is 5.57 Å². The van der Waals surface area contributed by atoms with Gasteiger partial charge in [-0.3, -0.25) is 24.2 Å². The smallest absolute Gasteiger partial charge is 0.339 e. The monoisotopic (exact) mass is 342 g/mol. The normalized spacial score (nSPS) is 23.8. The van der Waals surface area contributed by atoms with Crippen LogP contribution < -0.4 is 11.1 Å². The predicted octanol–water partition coefficient (Wildman–Crippen LogP) is -0.625. The van der Waals surface area contributed by atoms with Crippen LogP contribution in [0.3, 0.4) is 0 Å². The van der Waals surface area contributed by atoms with Crippen LogP contribution in [0, 0.1) is 0 Å². The van der Waals surface area contributed by atoms with Crippen molar-refractivity contribution in [2.45, 2.75) is 16.6 Å². The highest BCUT2D eigenvalue weighted by Gasteiger charge is 2.48. The Morgan fingerprint density at radius 1 is 1.50 bits per heavy atom. The third-order valence-electron chi connectivity index (χ3n) is 3.38. The molecule has 0 radical (unpaired) electrons. The number of nitrogens with zero attached hydrogens (tertiary/aromatic N) is 3. The summed E-state index contributed by atoms with van der Waals surface area (Å²) in [5.41, 5.74) is -0.470. The molecule has 22 heavy (non-hydrogen) atoms. The third-order valence-corrected chi connectivity index (χ3v) is 5.87. The minimum absolute atomic E-state index is 0.0308. The number of ether oxygens (including phenoxy) is 1. The van der Waals surface area contributed by atoms with Crippen molar-refractivity contribution < 1.29 is 9.53 Å². The summed E-state index contributed by atoms with van der Waals surface area (Å²) in [6, 6.07) is 0. The van der Waals surface area contributed by atoms with Crippen molar-refractivity contribution in [2.24, 2.45) is 7.05 Å². The quantitative estimate of drug-likeness (QED) is 0.442. The number of fused-ring (bicyclic) bond motifs is 1. The number of rotatable bonds is 4. The van der Waals surface area contributed by atoms with Gasteiger partial charge >= 0.3 is 11.1 Å². The van der Waals surface area contributed by atoms with E-state index in [0.717, 1.165) is 11.3 Å². The average Bonchev–Trinajstić information content (AvgIpc) is 2.50. The number of carbonyl (C=O) groups excluding carboxylic acids is 1. The van der Waals surface area contributed by atoms with Crippen LogP contribution in [0.15, 0.2) is 26.5 Å². The molecule has 0 aromatic carbocycles. The van der Waals surface area contributed by atoms with E-state index in [0.29, 0.717) is 10.9 Å². The number of thioether (sulfide) groups is 2. The molecule has 2 aliphatic rings. The van der Waals surface area contributed by atoms with E-state index in [1.54, 1.807) is 23.7 Å². The second-order valence-electron chi connectivity index (χ2n) is 4.88. The molecule has 3 heterocycles. The molecule has 1 aromatic heterocycles. The third kappa shape index (κ3) is 2.61. The highest BCUT2D eigenvalue weighted by molar-refractivity contribution is 8.01. The lowest BCUT2D eigenvalue weighted by Gasteiger charge is -2.46. The molecule has 2 atom stereocenters. The van der Waals surface area contributed by atoms with E-state index < -0.39 is 11.1 Å². The van der Waals surface area contributed by atoms with Crippen LogP contribution in [0.2, 0.25) is 0 Å². The standard InChI is InChI=1S/C12H14N4O4S2/c1-15-12(13-8(17)9(18)14-15)22-5-6-3-16-10(19)7(20-2)11(16)21-4-6/h3,7,11H,4-5H2,1-2H3,(H,14,18)/t7-,11-/m0/s1. The number of methoxy groups -OCH3 is 1. The molecule has 0 bridgehead atoms. The van der Waals surface area contributed by atoms with Gasteiger partial charge in [0, 0.05) is 31.9 Å². The fraction of sp³-hybridized carbons (Fsp3) is 0.500. The van der Waals surface area contributed by atoms with Crippen molar-refractivity contribution in [1.82, 2.24) is 19.7 Å². The van der Waals surface area contributed by atoms with E-state index in [2.05, 4.69) is 10.1 Å². The second-order valence-corrected chi connectivity index (χ2v) is 6.93. The van der Waals surface area contributed by atoms with Crippen molar-refractivity contribution in [1.29, 1.82) is 0 Å². The molecule has 1 saturated heterocycles. The first-order chi connectivity index (χ1) is 10.5. The lowest BCUT2D eigenvalue weighted by Crippen LogP contribution is -2.62. The number of hydrogen-bond donors (Lipinski definition) is 1. The van der Waals surface area contributed by atoms with Gasteiger partial charge in [-0.25, -0.2) is 0 Å². The minimum atomic E-state index is -0.798. The molecule has 0 aliphatic carbocycles. The number of H-pyrrole nitrogens is 1. The zero-order valence-electron chi connectivity index (χ0n) is 11.9. The molecular weight excluding hydrogens is 328 g/mol. The largest absolute Gasteiger partial charge is 0.368 e. The number of carbonyl (C=O) groups is 1. The first-order valence-electron chi connectivity index (χ1n) is 6.47. The van der Waals surface area contributed by atoms with Crippen LogP contribution in [-0.4, -0.2) is 55.7 Å². The van der Waals surface area contributed by atoms with Crippen LogP contribution in [0.4, 0.5) is 0 Å². The Bertz CT molecular complexity index is 756. The Labute approximate surface area is 133 Å². The number of amides is 1. The van der Waals surface area contributed by atoms with E-state index in [1.165, 1.54) is 23.6 Å². The van der Waals surface area contributed by atoms with Gasteiger partial charge in [0.05, 0.1) is 0 Å². The molecule has 1 fully saturated rings. The molecule has 118 valence electrons. The Balaban J connectivity index is 1.68. The van der Waals surface area contributed by atoms with Gasteiger partial charge in [0.1, 0.15) is 5.37 Å². The van der Waals surface area contributed by atoms with Crippen LogP contribution in [0.5, 0.6) is 0 Å². The van der Waals surface area contributed by atoms with Crippen molar-refractivity contribution in [3.8, 4) is 0 Å². The summed E-state index contributed by atoms with van der Waals surface area (Å²) in [5.74, 6) is 1.35. The summed E-state index contributed by atoms with van der Waals surface area (Å²) in [6.45, 7) is 0. The summed E-state index contributed by atoms with van der Waals surface area (Å²) in [6.07, 6.45) is 1.49. The fourth-order valence-electron chi connectivity index (χ4n) is 2.23. The predicted molar refractivity (Wildman–Crippen MR) is 82.8 cm³/mol. The summed E-state index contributed by atoms with van der Waals surface area (Å²) in [5, 5.41) is 2.89. The van der Waals surface area contributed by atoms with Gasteiger partial charge in [-0.15, -0.1) is 11.8 Å². The zero-order valence-corrected chi connectivity index (χ0v) is 13.6. The Morgan fingerprint density at radius 3 is 3.00 bits per heavy atom. The van der Waals surface area contributed by atoms with E-state index in [1.807, 2.05) is 6.20 Å². The van der Waals surface area contributed by atoms with Gasteiger partial charge in [0.2, 0.25) is 0 Å². The van der Waals surface area contributed by atoms with Gasteiger partial charge in [0.15, 0.2) is 11.3 Å². The van der Waals surface area contributed by atoms with E-state index in [-0.39, 0.29) is 17.4 Å². The first kappa shape index (κ1) is 15.4. The van der Waals surface area contributed by atoms with Gasteiger partial charge in [-0.2, -0.15) is 4.98 Å². The Hall–Kier alpha value is -1.52. The lowest BCUT2D eigenvalue weighted by molar-refractivity contribution is -0.156. The number of hydrogen-bond acceptors (Lipinski definition) is 7. The zero-order chi connectivity index (χ0) is 15.9. The second kappa shape index (κ2) is 5.94.